The molecule has 2 aromatic heterocycles. The van der Waals surface area contributed by atoms with Gasteiger partial charge in [-0.3, -0.25) is 19.3 Å². The molecule has 0 amide bonds. The molecule has 0 saturated carbocycles. The topological polar surface area (TPSA) is 94.0 Å². The van der Waals surface area contributed by atoms with Crippen molar-refractivity contribution in [1.29, 1.82) is 0 Å². The normalized spacial score (nSPS) is 19.5. The van der Waals surface area contributed by atoms with Crippen LogP contribution in [0.5, 0.6) is 5.75 Å². The third kappa shape index (κ3) is 4.41. The molecule has 0 unspecified atom stereocenters. The van der Waals surface area contributed by atoms with Crippen molar-refractivity contribution in [2.45, 2.75) is 38.3 Å². The van der Waals surface area contributed by atoms with Gasteiger partial charge in [0.1, 0.15) is 12.4 Å². The van der Waals surface area contributed by atoms with Crippen molar-refractivity contribution in [2.24, 2.45) is 0 Å². The molecule has 9 nitrogen and oxygen atoms in total. The number of fused-ring (bicyclic) bond motifs is 5. The summed E-state index contributed by atoms with van der Waals surface area (Å²) in [6.45, 7) is 5.90. The second kappa shape index (κ2) is 10.6. The summed E-state index contributed by atoms with van der Waals surface area (Å²) in [5.74, 6) is 0.0579. The minimum atomic E-state index is -1.51. The maximum absolute atomic E-state index is 14.1. The second-order valence-corrected chi connectivity index (χ2v) is 11.5. The van der Waals surface area contributed by atoms with Crippen molar-refractivity contribution in [3.63, 3.8) is 0 Å². The summed E-state index contributed by atoms with van der Waals surface area (Å²) in [6, 6.07) is 19.8. The third-order valence-corrected chi connectivity index (χ3v) is 9.38. The molecule has 2 aromatic carbocycles. The van der Waals surface area contributed by atoms with Crippen LogP contribution >= 0.6 is 0 Å². The standard InChI is InChI=1S/C34H34N4O5/c1-3-34(30(39)11-12-36-13-15-37(16-14-36)24-8-6-9-25(18-24)42-2)27-19-29-31-23(17-22-7-4-5-10-28(22)35-31)20-38(29)32(40)26(27)21-43-33(34)41/h4-10,17-19H,3,11-16,20-21H2,1-2H3/t34-/m1/s1. The maximum atomic E-state index is 14.1. The average molecular weight is 579 g/mol. The molecule has 220 valence electrons. The molecule has 0 radical (unpaired) electrons. The van der Waals surface area contributed by atoms with Gasteiger partial charge in [-0.25, -0.2) is 4.98 Å². The summed E-state index contributed by atoms with van der Waals surface area (Å²) in [6.07, 6.45) is 0.418. The van der Waals surface area contributed by atoms with E-state index in [-0.39, 0.29) is 30.8 Å². The number of anilines is 1. The lowest BCUT2D eigenvalue weighted by Gasteiger charge is -2.38. The molecule has 5 heterocycles. The number of nitrogens with zero attached hydrogens (tertiary/aromatic N) is 4. The molecule has 1 atom stereocenters. The Kier molecular flexibility index (Phi) is 6.77. The Balaban J connectivity index is 1.15. The largest absolute Gasteiger partial charge is 0.497 e. The van der Waals surface area contributed by atoms with E-state index in [4.69, 9.17) is 14.5 Å². The quantitative estimate of drug-likeness (QED) is 0.212. The molecule has 0 aliphatic carbocycles. The van der Waals surface area contributed by atoms with Gasteiger partial charge in [0, 0.05) is 61.8 Å². The minimum absolute atomic E-state index is 0.125. The fourth-order valence-corrected chi connectivity index (χ4v) is 6.91. The van der Waals surface area contributed by atoms with Gasteiger partial charge in [-0.2, -0.15) is 0 Å². The number of ether oxygens (including phenoxy) is 2. The van der Waals surface area contributed by atoms with Gasteiger partial charge in [0.05, 0.1) is 36.1 Å². The van der Waals surface area contributed by atoms with Crippen LogP contribution < -0.4 is 15.2 Å². The van der Waals surface area contributed by atoms with E-state index in [2.05, 4.69) is 21.9 Å². The Hall–Kier alpha value is -4.50. The number of piperazine rings is 1. The molecule has 3 aliphatic heterocycles. The van der Waals surface area contributed by atoms with E-state index >= 15 is 0 Å². The fourth-order valence-electron chi connectivity index (χ4n) is 6.91. The van der Waals surface area contributed by atoms with E-state index in [9.17, 15) is 14.4 Å². The summed E-state index contributed by atoms with van der Waals surface area (Å²) in [7, 11) is 1.67. The van der Waals surface area contributed by atoms with Gasteiger partial charge < -0.3 is 18.9 Å². The van der Waals surface area contributed by atoms with Crippen LogP contribution in [0, 0.1) is 0 Å². The highest BCUT2D eigenvalue weighted by Crippen LogP contribution is 2.41. The molecule has 9 heteroatoms. The van der Waals surface area contributed by atoms with Crippen LogP contribution in [0.3, 0.4) is 0 Å². The third-order valence-electron chi connectivity index (χ3n) is 9.38. The van der Waals surface area contributed by atoms with E-state index in [1.165, 1.54) is 0 Å². The first kappa shape index (κ1) is 27.3. The summed E-state index contributed by atoms with van der Waals surface area (Å²) >= 11 is 0. The lowest BCUT2D eigenvalue weighted by atomic mass is 9.70. The number of hydrogen-bond acceptors (Lipinski definition) is 8. The van der Waals surface area contributed by atoms with Crippen LogP contribution in [0.1, 0.15) is 36.5 Å². The monoisotopic (exact) mass is 578 g/mol. The van der Waals surface area contributed by atoms with Crippen LogP contribution in [-0.4, -0.2) is 66.0 Å². The lowest BCUT2D eigenvalue weighted by molar-refractivity contribution is -0.158. The molecule has 7 rings (SSSR count). The van der Waals surface area contributed by atoms with E-state index in [0.717, 1.165) is 59.8 Å². The highest BCUT2D eigenvalue weighted by atomic mass is 16.5. The Morgan fingerprint density at radius 3 is 2.63 bits per heavy atom. The van der Waals surface area contributed by atoms with E-state index in [0.29, 0.717) is 29.9 Å². The number of para-hydroxylation sites is 1. The minimum Gasteiger partial charge on any atom is -0.497 e. The van der Waals surface area contributed by atoms with E-state index < -0.39 is 11.4 Å². The van der Waals surface area contributed by atoms with Gasteiger partial charge in [-0.05, 0) is 42.3 Å². The number of rotatable bonds is 7. The number of benzene rings is 2. The number of Topliss-reactive ketones (excluding diaryl/α,β-unsaturated/α-hetero) is 1. The molecule has 0 bridgehead atoms. The van der Waals surface area contributed by atoms with Gasteiger partial charge >= 0.3 is 5.97 Å². The zero-order valence-electron chi connectivity index (χ0n) is 24.5. The van der Waals surface area contributed by atoms with Crippen LogP contribution in [0.25, 0.3) is 22.3 Å². The summed E-state index contributed by atoms with van der Waals surface area (Å²) in [5.41, 5.74) is 3.43. The molecular formula is C34H34N4O5. The van der Waals surface area contributed by atoms with Gasteiger partial charge in [0.25, 0.3) is 5.56 Å². The Morgan fingerprint density at radius 2 is 1.84 bits per heavy atom. The summed E-state index contributed by atoms with van der Waals surface area (Å²) in [5, 5.41) is 1.01. The molecule has 4 aromatic rings. The number of aromatic nitrogens is 2. The molecule has 1 saturated heterocycles. The zero-order valence-corrected chi connectivity index (χ0v) is 24.5. The lowest BCUT2D eigenvalue weighted by Crippen LogP contribution is -2.51. The van der Waals surface area contributed by atoms with Crippen molar-refractivity contribution in [1.82, 2.24) is 14.5 Å². The average Bonchev–Trinajstić information content (AvgIpc) is 3.40. The Labute approximate surface area is 249 Å². The smallest absolute Gasteiger partial charge is 0.324 e. The molecule has 43 heavy (non-hydrogen) atoms. The van der Waals surface area contributed by atoms with Gasteiger partial charge in [0.15, 0.2) is 11.2 Å². The van der Waals surface area contributed by atoms with Crippen molar-refractivity contribution >= 4 is 28.3 Å². The predicted octanol–water partition coefficient (Wildman–Crippen LogP) is 3.92. The highest BCUT2D eigenvalue weighted by molar-refractivity contribution is 6.10. The van der Waals surface area contributed by atoms with Crippen molar-refractivity contribution in [3.8, 4) is 17.1 Å². The maximum Gasteiger partial charge on any atom is 0.324 e. The predicted molar refractivity (Wildman–Crippen MR) is 164 cm³/mol. The number of pyridine rings is 2. The van der Waals surface area contributed by atoms with Crippen molar-refractivity contribution in [2.75, 3.05) is 44.7 Å². The first-order valence-corrected chi connectivity index (χ1v) is 14.9. The second-order valence-electron chi connectivity index (χ2n) is 11.5. The van der Waals surface area contributed by atoms with Gasteiger partial charge in [-0.1, -0.05) is 31.2 Å². The Morgan fingerprint density at radius 1 is 1.02 bits per heavy atom. The van der Waals surface area contributed by atoms with E-state index in [1.54, 1.807) is 11.7 Å². The van der Waals surface area contributed by atoms with Crippen LogP contribution in [-0.2, 0) is 32.9 Å². The first-order valence-electron chi connectivity index (χ1n) is 14.9. The van der Waals surface area contributed by atoms with Crippen molar-refractivity contribution in [3.05, 3.63) is 87.7 Å². The molecule has 0 spiro atoms. The first-order chi connectivity index (χ1) is 20.9. The number of esters is 1. The number of carbonyl (C=O) groups is 2. The summed E-state index contributed by atoms with van der Waals surface area (Å²) in [4.78, 5) is 50.8. The molecule has 1 fully saturated rings. The fraction of sp³-hybridized carbons (Fsp3) is 0.353. The van der Waals surface area contributed by atoms with E-state index in [1.807, 2.05) is 55.5 Å². The van der Waals surface area contributed by atoms with Crippen molar-refractivity contribution < 1.29 is 19.1 Å². The number of carbonyl (C=O) groups excluding carboxylic acids is 2. The molecule has 0 N–H and O–H groups in total. The summed E-state index contributed by atoms with van der Waals surface area (Å²) < 4.78 is 12.6. The SMILES string of the molecule is CC[C@@]1(C(=O)CCN2CCN(c3cccc(OC)c3)CC2)C(=O)OCc2c1cc1n(c2=O)Cc2cc3ccccc3nc2-1. The highest BCUT2D eigenvalue weighted by Gasteiger charge is 2.52. The van der Waals surface area contributed by atoms with Gasteiger partial charge in [0.2, 0.25) is 0 Å². The molecule has 3 aliphatic rings. The number of cyclic esters (lactones) is 1. The Bertz CT molecular complexity index is 1820. The van der Waals surface area contributed by atoms with Gasteiger partial charge in [-0.15, -0.1) is 0 Å². The van der Waals surface area contributed by atoms with Crippen LogP contribution in [0.15, 0.2) is 65.5 Å². The number of ketones is 1. The van der Waals surface area contributed by atoms with Crippen LogP contribution in [0.4, 0.5) is 5.69 Å². The number of hydrogen-bond donors (Lipinski definition) is 0. The molecular weight excluding hydrogens is 544 g/mol. The zero-order chi connectivity index (χ0) is 29.7. The number of methoxy groups -OCH3 is 1. The van der Waals surface area contributed by atoms with Crippen LogP contribution in [0.2, 0.25) is 0 Å².